The molecule has 1 aliphatic rings. The number of carbonyl (C=O) groups is 1. The second-order valence-corrected chi connectivity index (χ2v) is 8.31. The predicted octanol–water partition coefficient (Wildman–Crippen LogP) is 5.38. The summed E-state index contributed by atoms with van der Waals surface area (Å²) in [7, 11) is 4.88. The molecule has 174 valence electrons. The topological polar surface area (TPSA) is 61.1 Å². The molecular weight excluding hydrogens is 430 g/mol. The molecule has 4 aromatic rings. The fraction of sp³-hybridized carbons (Fsp3) is 0.250. The predicted molar refractivity (Wildman–Crippen MR) is 129 cm³/mol. The quantitative estimate of drug-likeness (QED) is 0.389. The molecule has 0 N–H and O–H groups in total. The van der Waals surface area contributed by atoms with Crippen LogP contribution in [0.2, 0.25) is 0 Å². The van der Waals surface area contributed by atoms with Crippen LogP contribution in [0.25, 0.3) is 11.0 Å². The van der Waals surface area contributed by atoms with Gasteiger partial charge in [-0.15, -0.1) is 0 Å². The third-order valence-electron chi connectivity index (χ3n) is 6.43. The Hall–Kier alpha value is -3.77. The van der Waals surface area contributed by atoms with Gasteiger partial charge in [0, 0.05) is 24.6 Å². The Bertz CT molecular complexity index is 1330. The Morgan fingerprint density at radius 1 is 0.971 bits per heavy atom. The number of amides is 1. The highest BCUT2D eigenvalue weighted by molar-refractivity contribution is 5.99. The Kier molecular flexibility index (Phi) is 5.99. The Morgan fingerprint density at radius 3 is 2.41 bits per heavy atom. The number of methoxy groups -OCH3 is 3. The van der Waals surface area contributed by atoms with Gasteiger partial charge in [0.15, 0.2) is 17.3 Å². The first-order valence-corrected chi connectivity index (χ1v) is 11.3. The number of rotatable bonds is 6. The van der Waals surface area contributed by atoms with Gasteiger partial charge in [-0.3, -0.25) is 4.79 Å². The van der Waals surface area contributed by atoms with Crippen LogP contribution in [0, 0.1) is 0 Å². The average molecular weight is 458 g/mol. The molecule has 1 atom stereocenters. The molecule has 1 aliphatic heterocycles. The lowest BCUT2D eigenvalue weighted by atomic mass is 9.87. The fourth-order valence-electron chi connectivity index (χ4n) is 4.85. The number of carbonyl (C=O) groups excluding carboxylic acids is 1. The van der Waals surface area contributed by atoms with Crippen molar-refractivity contribution >= 4 is 16.9 Å². The van der Waals surface area contributed by atoms with Gasteiger partial charge in [-0.25, -0.2) is 0 Å². The van der Waals surface area contributed by atoms with Crippen molar-refractivity contribution in [1.82, 2.24) is 4.90 Å². The zero-order chi connectivity index (χ0) is 23.7. The normalized spacial score (nSPS) is 15.3. The second kappa shape index (κ2) is 9.23. The molecule has 3 aromatic carbocycles. The van der Waals surface area contributed by atoms with Gasteiger partial charge in [-0.2, -0.15) is 0 Å². The van der Waals surface area contributed by atoms with E-state index in [2.05, 4.69) is 0 Å². The SMILES string of the molecule is COCc1c(C(=O)N2CCc3cc(OC)c(OC)cc3C2c2ccccc2)oc2ccccc12. The van der Waals surface area contributed by atoms with E-state index in [-0.39, 0.29) is 11.9 Å². The van der Waals surface area contributed by atoms with Crippen molar-refractivity contribution in [3.05, 3.63) is 94.7 Å². The van der Waals surface area contributed by atoms with Gasteiger partial charge in [0.2, 0.25) is 0 Å². The van der Waals surface area contributed by atoms with Crippen LogP contribution >= 0.6 is 0 Å². The van der Waals surface area contributed by atoms with Gasteiger partial charge in [0.1, 0.15) is 5.58 Å². The van der Waals surface area contributed by atoms with Crippen molar-refractivity contribution in [3.8, 4) is 11.5 Å². The first-order chi connectivity index (χ1) is 16.7. The summed E-state index contributed by atoms with van der Waals surface area (Å²) < 4.78 is 22.7. The fourth-order valence-corrected chi connectivity index (χ4v) is 4.85. The van der Waals surface area contributed by atoms with Gasteiger partial charge < -0.3 is 23.5 Å². The molecular formula is C28H27NO5. The second-order valence-electron chi connectivity index (χ2n) is 8.31. The first kappa shape index (κ1) is 22.0. The number of nitrogens with zero attached hydrogens (tertiary/aromatic N) is 1. The Labute approximate surface area is 198 Å². The van der Waals surface area contributed by atoms with Crippen molar-refractivity contribution < 1.29 is 23.4 Å². The molecule has 5 rings (SSSR count). The van der Waals surface area contributed by atoms with Gasteiger partial charge in [-0.1, -0.05) is 48.5 Å². The minimum absolute atomic E-state index is 0.155. The van der Waals surface area contributed by atoms with E-state index in [1.165, 1.54) is 0 Å². The molecule has 0 bridgehead atoms. The third-order valence-corrected chi connectivity index (χ3v) is 6.43. The van der Waals surface area contributed by atoms with Gasteiger partial charge in [0.05, 0.1) is 26.9 Å². The third kappa shape index (κ3) is 3.70. The minimum atomic E-state index is -0.291. The summed E-state index contributed by atoms with van der Waals surface area (Å²) >= 11 is 0. The molecule has 0 radical (unpaired) electrons. The number of furan rings is 1. The maximum atomic E-state index is 14.1. The summed E-state index contributed by atoms with van der Waals surface area (Å²) in [6.07, 6.45) is 0.699. The van der Waals surface area contributed by atoms with Crippen LogP contribution in [0.15, 0.2) is 71.1 Å². The summed E-state index contributed by atoms with van der Waals surface area (Å²) in [5.41, 5.74) is 4.63. The van der Waals surface area contributed by atoms with E-state index in [0.717, 1.165) is 27.6 Å². The zero-order valence-electron chi connectivity index (χ0n) is 19.5. The molecule has 6 heteroatoms. The Morgan fingerprint density at radius 2 is 1.68 bits per heavy atom. The van der Waals surface area contributed by atoms with Crippen LogP contribution < -0.4 is 9.47 Å². The van der Waals surface area contributed by atoms with E-state index in [1.807, 2.05) is 71.6 Å². The largest absolute Gasteiger partial charge is 0.493 e. The number of para-hydroxylation sites is 1. The van der Waals surface area contributed by atoms with Gasteiger partial charge in [-0.05, 0) is 41.3 Å². The van der Waals surface area contributed by atoms with Crippen molar-refractivity contribution in [3.63, 3.8) is 0 Å². The molecule has 0 aliphatic carbocycles. The minimum Gasteiger partial charge on any atom is -0.493 e. The molecule has 0 saturated heterocycles. The molecule has 0 spiro atoms. The van der Waals surface area contributed by atoms with Crippen molar-refractivity contribution in [2.75, 3.05) is 27.9 Å². The number of hydrogen-bond donors (Lipinski definition) is 0. The van der Waals surface area contributed by atoms with Gasteiger partial charge >= 0.3 is 0 Å². The van der Waals surface area contributed by atoms with E-state index in [0.29, 0.717) is 42.4 Å². The standard InChI is InChI=1S/C28H27NO5/c1-31-17-22-20-11-7-8-12-23(20)34-27(22)28(30)29-14-13-19-15-24(32-2)25(33-3)16-21(19)26(29)18-9-5-4-6-10-18/h4-12,15-16,26H,13-14,17H2,1-3H3. The number of fused-ring (bicyclic) bond motifs is 2. The maximum absolute atomic E-state index is 14.1. The summed E-state index contributed by atoms with van der Waals surface area (Å²) in [5, 5.41) is 0.896. The van der Waals surface area contributed by atoms with E-state index in [1.54, 1.807) is 21.3 Å². The summed E-state index contributed by atoms with van der Waals surface area (Å²) in [5.74, 6) is 1.50. The maximum Gasteiger partial charge on any atom is 0.290 e. The lowest BCUT2D eigenvalue weighted by Crippen LogP contribution is -2.40. The molecule has 1 aromatic heterocycles. The van der Waals surface area contributed by atoms with Crippen LogP contribution in [0.3, 0.4) is 0 Å². The van der Waals surface area contributed by atoms with Crippen LogP contribution in [0.5, 0.6) is 11.5 Å². The molecule has 34 heavy (non-hydrogen) atoms. The van der Waals surface area contributed by atoms with E-state index >= 15 is 0 Å². The summed E-state index contributed by atoms with van der Waals surface area (Å²) in [6, 6.07) is 21.4. The van der Waals surface area contributed by atoms with Crippen molar-refractivity contribution in [1.29, 1.82) is 0 Å². The number of ether oxygens (including phenoxy) is 3. The number of hydrogen-bond acceptors (Lipinski definition) is 5. The first-order valence-electron chi connectivity index (χ1n) is 11.3. The monoisotopic (exact) mass is 457 g/mol. The molecule has 6 nitrogen and oxygen atoms in total. The van der Waals surface area contributed by atoms with Crippen LogP contribution in [0.1, 0.15) is 38.9 Å². The molecule has 1 unspecified atom stereocenters. The summed E-state index contributed by atoms with van der Waals surface area (Å²) in [6.45, 7) is 0.841. The lowest BCUT2D eigenvalue weighted by Gasteiger charge is -2.38. The highest BCUT2D eigenvalue weighted by atomic mass is 16.5. The lowest BCUT2D eigenvalue weighted by molar-refractivity contribution is 0.0657. The van der Waals surface area contributed by atoms with E-state index in [9.17, 15) is 4.79 Å². The molecule has 2 heterocycles. The highest BCUT2D eigenvalue weighted by Crippen LogP contribution is 2.42. The molecule has 1 amide bonds. The smallest absolute Gasteiger partial charge is 0.290 e. The Balaban J connectivity index is 1.65. The van der Waals surface area contributed by atoms with Gasteiger partial charge in [0.25, 0.3) is 5.91 Å². The van der Waals surface area contributed by atoms with E-state index < -0.39 is 0 Å². The van der Waals surface area contributed by atoms with Crippen molar-refractivity contribution in [2.24, 2.45) is 0 Å². The van der Waals surface area contributed by atoms with Crippen LogP contribution in [0.4, 0.5) is 0 Å². The molecule has 0 fully saturated rings. The average Bonchev–Trinajstić information content (AvgIpc) is 3.25. The summed E-state index contributed by atoms with van der Waals surface area (Å²) in [4.78, 5) is 15.9. The molecule has 0 saturated carbocycles. The van der Waals surface area contributed by atoms with Crippen LogP contribution in [-0.2, 0) is 17.8 Å². The van der Waals surface area contributed by atoms with Crippen LogP contribution in [-0.4, -0.2) is 38.7 Å². The highest BCUT2D eigenvalue weighted by Gasteiger charge is 2.36. The van der Waals surface area contributed by atoms with E-state index in [4.69, 9.17) is 18.6 Å². The van der Waals surface area contributed by atoms with Crippen molar-refractivity contribution in [2.45, 2.75) is 19.1 Å². The zero-order valence-corrected chi connectivity index (χ0v) is 19.5. The number of benzene rings is 3.